The van der Waals surface area contributed by atoms with E-state index in [1.165, 1.54) is 0 Å². The molecule has 0 bridgehead atoms. The summed E-state index contributed by atoms with van der Waals surface area (Å²) in [5, 5.41) is 4.62. The molecular formula is C20H23BrCl3NO3. The molecule has 1 fully saturated rings. The molecule has 4 nitrogen and oxygen atoms in total. The first-order chi connectivity index (χ1) is 13.1. The van der Waals surface area contributed by atoms with Crippen LogP contribution in [0.2, 0.25) is 10.0 Å². The molecule has 8 heteroatoms. The average Bonchev–Trinajstić information content (AvgIpc) is 3.15. The number of rotatable bonds is 8. The van der Waals surface area contributed by atoms with E-state index in [0.717, 1.165) is 48.1 Å². The maximum absolute atomic E-state index is 6.22. The van der Waals surface area contributed by atoms with Crippen LogP contribution in [0.25, 0.3) is 0 Å². The number of hydrogen-bond donors (Lipinski definition) is 1. The van der Waals surface area contributed by atoms with Gasteiger partial charge in [-0.15, -0.1) is 12.4 Å². The zero-order valence-corrected chi connectivity index (χ0v) is 19.4. The molecule has 0 spiro atoms. The van der Waals surface area contributed by atoms with Crippen molar-refractivity contribution in [3.63, 3.8) is 0 Å². The third kappa shape index (κ3) is 6.41. The van der Waals surface area contributed by atoms with E-state index in [2.05, 4.69) is 21.2 Å². The van der Waals surface area contributed by atoms with Gasteiger partial charge in [0.25, 0.3) is 0 Å². The zero-order chi connectivity index (χ0) is 19.2. The SMILES string of the molecule is COc1cc(CNCC2CCCO2)cc(Br)c1OCc1ccc(Cl)cc1Cl.Cl. The molecule has 2 aromatic carbocycles. The lowest BCUT2D eigenvalue weighted by atomic mass is 10.2. The Balaban J connectivity index is 0.00000280. The number of nitrogens with one attached hydrogen (secondary N) is 1. The van der Waals surface area contributed by atoms with Crippen molar-refractivity contribution >= 4 is 51.5 Å². The summed E-state index contributed by atoms with van der Waals surface area (Å²) in [7, 11) is 1.63. The minimum Gasteiger partial charge on any atom is -0.493 e. The molecule has 154 valence electrons. The molecule has 3 rings (SSSR count). The molecule has 0 radical (unpaired) electrons. The van der Waals surface area contributed by atoms with Crippen LogP contribution < -0.4 is 14.8 Å². The summed E-state index contributed by atoms with van der Waals surface area (Å²) in [5.41, 5.74) is 1.96. The summed E-state index contributed by atoms with van der Waals surface area (Å²) in [6, 6.07) is 9.36. The van der Waals surface area contributed by atoms with E-state index in [4.69, 9.17) is 37.4 Å². The van der Waals surface area contributed by atoms with Gasteiger partial charge >= 0.3 is 0 Å². The second-order valence-corrected chi connectivity index (χ2v) is 8.10. The van der Waals surface area contributed by atoms with Crippen molar-refractivity contribution in [2.75, 3.05) is 20.3 Å². The summed E-state index contributed by atoms with van der Waals surface area (Å²) >= 11 is 15.7. The Labute approximate surface area is 190 Å². The quantitative estimate of drug-likeness (QED) is 0.470. The lowest BCUT2D eigenvalue weighted by Gasteiger charge is -2.16. The second kappa shape index (κ2) is 11.5. The van der Waals surface area contributed by atoms with Crippen molar-refractivity contribution in [3.8, 4) is 11.5 Å². The Bertz CT molecular complexity index is 786. The van der Waals surface area contributed by atoms with Gasteiger partial charge in [0.1, 0.15) is 6.61 Å². The molecular weight excluding hydrogens is 488 g/mol. The van der Waals surface area contributed by atoms with E-state index in [9.17, 15) is 0 Å². The fourth-order valence-electron chi connectivity index (χ4n) is 2.99. The molecule has 28 heavy (non-hydrogen) atoms. The van der Waals surface area contributed by atoms with Crippen molar-refractivity contribution in [1.29, 1.82) is 0 Å². The summed E-state index contributed by atoms with van der Waals surface area (Å²) < 4.78 is 18.0. The first kappa shape index (κ1) is 23.6. The van der Waals surface area contributed by atoms with Crippen molar-refractivity contribution in [3.05, 3.63) is 56.0 Å². The van der Waals surface area contributed by atoms with E-state index >= 15 is 0 Å². The van der Waals surface area contributed by atoms with Crippen molar-refractivity contribution < 1.29 is 14.2 Å². The molecule has 0 amide bonds. The number of methoxy groups -OCH3 is 1. The highest BCUT2D eigenvalue weighted by Gasteiger charge is 2.16. The van der Waals surface area contributed by atoms with Crippen LogP contribution in [0.3, 0.4) is 0 Å². The van der Waals surface area contributed by atoms with Crippen molar-refractivity contribution in [2.45, 2.75) is 32.1 Å². The van der Waals surface area contributed by atoms with E-state index in [-0.39, 0.29) is 12.4 Å². The highest BCUT2D eigenvalue weighted by molar-refractivity contribution is 9.10. The Morgan fingerprint density at radius 2 is 2.07 bits per heavy atom. The van der Waals surface area contributed by atoms with Crippen LogP contribution in [0.5, 0.6) is 11.5 Å². The number of hydrogen-bond acceptors (Lipinski definition) is 4. The molecule has 1 heterocycles. The van der Waals surface area contributed by atoms with Gasteiger partial charge in [-0.25, -0.2) is 0 Å². The number of benzene rings is 2. The summed E-state index contributed by atoms with van der Waals surface area (Å²) in [4.78, 5) is 0. The number of ether oxygens (including phenoxy) is 3. The first-order valence-electron chi connectivity index (χ1n) is 8.82. The Hall–Kier alpha value is -0.690. The monoisotopic (exact) mass is 509 g/mol. The maximum atomic E-state index is 6.22. The van der Waals surface area contributed by atoms with Crippen molar-refractivity contribution in [2.24, 2.45) is 0 Å². The summed E-state index contributed by atoms with van der Waals surface area (Å²) in [5.74, 6) is 1.31. The van der Waals surface area contributed by atoms with E-state index in [1.807, 2.05) is 18.2 Å². The Morgan fingerprint density at radius 1 is 1.25 bits per heavy atom. The zero-order valence-electron chi connectivity index (χ0n) is 15.5. The van der Waals surface area contributed by atoms with Crippen LogP contribution >= 0.6 is 51.5 Å². The van der Waals surface area contributed by atoms with E-state index in [1.54, 1.807) is 19.2 Å². The van der Waals surface area contributed by atoms with Crippen LogP contribution in [0.1, 0.15) is 24.0 Å². The smallest absolute Gasteiger partial charge is 0.175 e. The average molecular weight is 512 g/mol. The molecule has 2 aromatic rings. The highest BCUT2D eigenvalue weighted by Crippen LogP contribution is 2.37. The van der Waals surface area contributed by atoms with Gasteiger partial charge in [-0.2, -0.15) is 0 Å². The van der Waals surface area contributed by atoms with E-state index < -0.39 is 0 Å². The Morgan fingerprint density at radius 3 is 2.75 bits per heavy atom. The molecule has 0 aromatic heterocycles. The minimum atomic E-state index is 0. The lowest BCUT2D eigenvalue weighted by molar-refractivity contribution is 0.110. The highest BCUT2D eigenvalue weighted by atomic mass is 79.9. The fourth-order valence-corrected chi connectivity index (χ4v) is 4.05. The van der Waals surface area contributed by atoms with Crippen molar-refractivity contribution in [1.82, 2.24) is 5.32 Å². The summed E-state index contributed by atoms with van der Waals surface area (Å²) in [6.45, 7) is 2.78. The maximum Gasteiger partial charge on any atom is 0.175 e. The normalized spacial score (nSPS) is 15.9. The predicted molar refractivity (Wildman–Crippen MR) is 119 cm³/mol. The molecule has 0 saturated carbocycles. The Kier molecular flexibility index (Phi) is 9.67. The number of halogens is 4. The van der Waals surface area contributed by atoms with Crippen LogP contribution in [-0.4, -0.2) is 26.4 Å². The molecule has 0 aliphatic carbocycles. The topological polar surface area (TPSA) is 39.7 Å². The molecule has 1 aliphatic heterocycles. The lowest BCUT2D eigenvalue weighted by Crippen LogP contribution is -2.25. The standard InChI is InChI=1S/C20H22BrCl2NO3.ClH/c1-25-19-8-13(10-24-11-16-3-2-6-26-16)7-17(21)20(19)27-12-14-4-5-15(22)9-18(14)23;/h4-5,7-9,16,24H,2-3,6,10-12H2,1H3;1H. The third-order valence-corrected chi connectivity index (χ3v) is 5.58. The fraction of sp³-hybridized carbons (Fsp3) is 0.400. The van der Waals surface area contributed by atoms with Gasteiger partial charge in [0.2, 0.25) is 0 Å². The van der Waals surface area contributed by atoms with Gasteiger partial charge in [0, 0.05) is 35.3 Å². The van der Waals surface area contributed by atoms with Crippen LogP contribution in [-0.2, 0) is 17.9 Å². The molecule has 1 aliphatic rings. The van der Waals surface area contributed by atoms with Crippen LogP contribution in [0.4, 0.5) is 0 Å². The summed E-state index contributed by atoms with van der Waals surface area (Å²) in [6.07, 6.45) is 2.59. The van der Waals surface area contributed by atoms with Gasteiger partial charge in [0.05, 0.1) is 17.7 Å². The molecule has 1 N–H and O–H groups in total. The molecule has 1 atom stereocenters. The first-order valence-corrected chi connectivity index (χ1v) is 10.4. The van der Waals surface area contributed by atoms with Crippen LogP contribution in [0.15, 0.2) is 34.8 Å². The van der Waals surface area contributed by atoms with E-state index in [0.29, 0.717) is 34.3 Å². The molecule has 1 saturated heterocycles. The van der Waals surface area contributed by atoms with Gasteiger partial charge < -0.3 is 19.5 Å². The third-order valence-electron chi connectivity index (χ3n) is 4.40. The predicted octanol–water partition coefficient (Wildman–Crippen LogP) is 6.03. The van der Waals surface area contributed by atoms with Gasteiger partial charge in [0.15, 0.2) is 11.5 Å². The van der Waals surface area contributed by atoms with Gasteiger partial charge in [-0.05, 0) is 58.6 Å². The van der Waals surface area contributed by atoms with Gasteiger partial charge in [-0.3, -0.25) is 0 Å². The minimum absolute atomic E-state index is 0. The van der Waals surface area contributed by atoms with Crippen LogP contribution in [0, 0.1) is 0 Å². The largest absolute Gasteiger partial charge is 0.493 e. The van der Waals surface area contributed by atoms with Gasteiger partial charge in [-0.1, -0.05) is 29.3 Å². The second-order valence-electron chi connectivity index (χ2n) is 6.40. The molecule has 1 unspecified atom stereocenters.